The molecule has 0 bridgehead atoms. The van der Waals surface area contributed by atoms with Crippen LogP contribution in [0.4, 0.5) is 11.4 Å². The van der Waals surface area contributed by atoms with E-state index >= 15 is 0 Å². The summed E-state index contributed by atoms with van der Waals surface area (Å²) in [5, 5.41) is 12.3. The highest BCUT2D eigenvalue weighted by atomic mass is 35.5. The zero-order valence-electron chi connectivity index (χ0n) is 10.8. The number of nitrogens with zero attached hydrogens (tertiary/aromatic N) is 1. The molecule has 0 spiro atoms. The molecule has 4 nitrogen and oxygen atoms in total. The molecule has 0 saturated carbocycles. The molecule has 5 heteroatoms. The number of nitriles is 1. The number of carbonyl (C=O) groups is 1. The second kappa shape index (κ2) is 5.64. The largest absolute Gasteiger partial charge is 0.398 e. The molecule has 2 aromatic carbocycles. The molecule has 0 atom stereocenters. The molecule has 0 aliphatic carbocycles. The lowest BCUT2D eigenvalue weighted by atomic mass is 10.1. The Morgan fingerprint density at radius 3 is 2.75 bits per heavy atom. The zero-order chi connectivity index (χ0) is 14.7. The number of benzene rings is 2. The van der Waals surface area contributed by atoms with Crippen molar-refractivity contribution in [3.63, 3.8) is 0 Å². The predicted molar refractivity (Wildman–Crippen MR) is 79.7 cm³/mol. The Morgan fingerprint density at radius 2 is 2.10 bits per heavy atom. The Balaban J connectivity index is 2.33. The van der Waals surface area contributed by atoms with E-state index in [0.29, 0.717) is 27.5 Å². The van der Waals surface area contributed by atoms with Crippen LogP contribution in [0.3, 0.4) is 0 Å². The molecule has 100 valence electrons. The van der Waals surface area contributed by atoms with E-state index in [4.69, 9.17) is 22.6 Å². The van der Waals surface area contributed by atoms with Crippen LogP contribution in [0, 0.1) is 18.3 Å². The molecule has 3 N–H and O–H groups in total. The third-order valence-corrected chi connectivity index (χ3v) is 3.13. The zero-order valence-corrected chi connectivity index (χ0v) is 11.5. The van der Waals surface area contributed by atoms with Crippen molar-refractivity contribution in [3.8, 4) is 6.07 Å². The summed E-state index contributed by atoms with van der Waals surface area (Å²) in [6, 6.07) is 12.0. The fourth-order valence-corrected chi connectivity index (χ4v) is 2.03. The molecule has 0 radical (unpaired) electrons. The summed E-state index contributed by atoms with van der Waals surface area (Å²) in [4.78, 5) is 12.2. The van der Waals surface area contributed by atoms with E-state index in [1.165, 1.54) is 6.07 Å². The Kier molecular flexibility index (Phi) is 3.92. The third kappa shape index (κ3) is 2.73. The highest BCUT2D eigenvalue weighted by molar-refractivity contribution is 6.31. The number of nitrogens with two attached hydrogens (primary N) is 1. The monoisotopic (exact) mass is 285 g/mol. The van der Waals surface area contributed by atoms with Crippen molar-refractivity contribution in [1.82, 2.24) is 0 Å². The first-order valence-corrected chi connectivity index (χ1v) is 6.27. The van der Waals surface area contributed by atoms with E-state index in [-0.39, 0.29) is 5.91 Å². The third-order valence-electron chi connectivity index (χ3n) is 2.89. The fraction of sp³-hybridized carbons (Fsp3) is 0.0667. The van der Waals surface area contributed by atoms with Crippen LogP contribution in [-0.4, -0.2) is 5.91 Å². The van der Waals surface area contributed by atoms with Crippen LogP contribution in [0.5, 0.6) is 0 Å². The van der Waals surface area contributed by atoms with Gasteiger partial charge < -0.3 is 11.1 Å². The van der Waals surface area contributed by atoms with E-state index in [9.17, 15) is 4.79 Å². The van der Waals surface area contributed by atoms with Gasteiger partial charge in [-0.15, -0.1) is 0 Å². The van der Waals surface area contributed by atoms with Crippen molar-refractivity contribution in [1.29, 1.82) is 5.26 Å². The molecule has 0 heterocycles. The number of aryl methyl sites for hydroxylation is 1. The number of hydrogen-bond donors (Lipinski definition) is 2. The van der Waals surface area contributed by atoms with Gasteiger partial charge in [-0.1, -0.05) is 23.7 Å². The van der Waals surface area contributed by atoms with Gasteiger partial charge in [0.15, 0.2) is 0 Å². The minimum absolute atomic E-state index is 0.293. The summed E-state index contributed by atoms with van der Waals surface area (Å²) in [7, 11) is 0. The van der Waals surface area contributed by atoms with Gasteiger partial charge in [-0.25, -0.2) is 0 Å². The topological polar surface area (TPSA) is 78.9 Å². The van der Waals surface area contributed by atoms with Gasteiger partial charge in [0.2, 0.25) is 0 Å². The highest BCUT2D eigenvalue weighted by Gasteiger charge is 2.13. The van der Waals surface area contributed by atoms with Crippen molar-refractivity contribution in [2.75, 3.05) is 11.1 Å². The maximum absolute atomic E-state index is 12.2. The lowest BCUT2D eigenvalue weighted by molar-refractivity contribution is 0.102. The molecule has 20 heavy (non-hydrogen) atoms. The summed E-state index contributed by atoms with van der Waals surface area (Å²) in [6.45, 7) is 1.81. The molecular formula is C15H12ClN3O. The molecule has 1 amide bonds. The molecule has 0 aliphatic heterocycles. The van der Waals surface area contributed by atoms with Crippen LogP contribution in [-0.2, 0) is 0 Å². The molecule has 0 saturated heterocycles. The lowest BCUT2D eigenvalue weighted by Crippen LogP contribution is -2.15. The Labute approximate surface area is 121 Å². The average molecular weight is 286 g/mol. The van der Waals surface area contributed by atoms with Gasteiger partial charge in [0, 0.05) is 10.7 Å². The fourth-order valence-electron chi connectivity index (χ4n) is 1.85. The van der Waals surface area contributed by atoms with Gasteiger partial charge in [-0.3, -0.25) is 4.79 Å². The minimum Gasteiger partial charge on any atom is -0.398 e. The number of halogens is 1. The number of amides is 1. The second-order valence-corrected chi connectivity index (χ2v) is 4.73. The first-order valence-electron chi connectivity index (χ1n) is 5.89. The van der Waals surface area contributed by atoms with Crippen LogP contribution < -0.4 is 11.1 Å². The molecule has 0 aliphatic rings. The van der Waals surface area contributed by atoms with Gasteiger partial charge in [0.25, 0.3) is 5.91 Å². The minimum atomic E-state index is -0.374. The van der Waals surface area contributed by atoms with E-state index in [2.05, 4.69) is 11.4 Å². The lowest BCUT2D eigenvalue weighted by Gasteiger charge is -2.10. The summed E-state index contributed by atoms with van der Waals surface area (Å²) in [5.74, 6) is -0.374. The average Bonchev–Trinajstić information content (AvgIpc) is 2.38. The van der Waals surface area contributed by atoms with Gasteiger partial charge in [0.05, 0.1) is 16.8 Å². The van der Waals surface area contributed by atoms with E-state index < -0.39 is 0 Å². The summed E-state index contributed by atoms with van der Waals surface area (Å²) < 4.78 is 0. The first-order chi connectivity index (χ1) is 9.52. The maximum atomic E-state index is 12.2. The molecule has 2 rings (SSSR count). The Morgan fingerprint density at radius 1 is 1.35 bits per heavy atom. The van der Waals surface area contributed by atoms with Gasteiger partial charge >= 0.3 is 0 Å². The van der Waals surface area contributed by atoms with Crippen molar-refractivity contribution in [2.45, 2.75) is 6.92 Å². The summed E-state index contributed by atoms with van der Waals surface area (Å²) in [5.41, 5.74) is 8.08. The molecule has 2 aromatic rings. The molecule has 0 aromatic heterocycles. The molecule has 0 fully saturated rings. The van der Waals surface area contributed by atoms with Gasteiger partial charge in [0.1, 0.15) is 6.07 Å². The van der Waals surface area contributed by atoms with Crippen molar-refractivity contribution >= 4 is 28.9 Å². The number of anilines is 2. The van der Waals surface area contributed by atoms with Crippen LogP contribution in [0.25, 0.3) is 0 Å². The summed E-state index contributed by atoms with van der Waals surface area (Å²) >= 11 is 5.80. The number of nitrogens with one attached hydrogen (secondary N) is 1. The highest BCUT2D eigenvalue weighted by Crippen LogP contribution is 2.22. The van der Waals surface area contributed by atoms with E-state index in [1.807, 2.05) is 13.0 Å². The maximum Gasteiger partial charge on any atom is 0.257 e. The number of carbonyl (C=O) groups excluding carboxylic acids is 1. The van der Waals surface area contributed by atoms with Crippen LogP contribution in [0.15, 0.2) is 36.4 Å². The molecular weight excluding hydrogens is 274 g/mol. The number of nitrogen functional groups attached to an aromatic ring is 1. The normalized spacial score (nSPS) is 9.85. The van der Waals surface area contributed by atoms with Crippen molar-refractivity contribution in [3.05, 3.63) is 58.1 Å². The number of hydrogen-bond acceptors (Lipinski definition) is 3. The second-order valence-electron chi connectivity index (χ2n) is 4.29. The quantitative estimate of drug-likeness (QED) is 0.831. The Hall–Kier alpha value is -2.51. The number of rotatable bonds is 2. The predicted octanol–water partition coefficient (Wildman–Crippen LogP) is 3.35. The van der Waals surface area contributed by atoms with Gasteiger partial charge in [-0.2, -0.15) is 5.26 Å². The standard InChI is InChI=1S/C15H12ClN3O/c1-9-3-2-4-14(12(9)8-17)19-15(20)11-6-5-10(16)7-13(11)18/h2-7H,18H2,1H3,(H,19,20). The van der Waals surface area contributed by atoms with E-state index in [0.717, 1.165) is 5.56 Å². The van der Waals surface area contributed by atoms with Crippen LogP contribution in [0.1, 0.15) is 21.5 Å². The van der Waals surface area contributed by atoms with Crippen molar-refractivity contribution in [2.24, 2.45) is 0 Å². The van der Waals surface area contributed by atoms with Crippen molar-refractivity contribution < 1.29 is 4.79 Å². The van der Waals surface area contributed by atoms with Gasteiger partial charge in [-0.05, 0) is 36.8 Å². The first kappa shape index (κ1) is 13.9. The smallest absolute Gasteiger partial charge is 0.257 e. The molecule has 0 unspecified atom stereocenters. The SMILES string of the molecule is Cc1cccc(NC(=O)c2ccc(Cl)cc2N)c1C#N. The Bertz CT molecular complexity index is 720. The van der Waals surface area contributed by atoms with Crippen LogP contribution in [0.2, 0.25) is 5.02 Å². The summed E-state index contributed by atoms with van der Waals surface area (Å²) in [6.07, 6.45) is 0. The van der Waals surface area contributed by atoms with E-state index in [1.54, 1.807) is 24.3 Å². The van der Waals surface area contributed by atoms with Crippen LogP contribution >= 0.6 is 11.6 Å².